The van der Waals surface area contributed by atoms with Crippen LogP contribution in [-0.4, -0.2) is 55.1 Å². The van der Waals surface area contributed by atoms with Crippen molar-refractivity contribution in [2.45, 2.75) is 38.1 Å². The van der Waals surface area contributed by atoms with Crippen LogP contribution in [0.25, 0.3) is 0 Å². The van der Waals surface area contributed by atoms with E-state index < -0.39 is 0 Å². The Labute approximate surface area is 172 Å². The molecule has 6 nitrogen and oxygen atoms in total. The fourth-order valence-electron chi connectivity index (χ4n) is 4.41. The first kappa shape index (κ1) is 19.7. The van der Waals surface area contributed by atoms with Gasteiger partial charge in [-0.15, -0.1) is 0 Å². The van der Waals surface area contributed by atoms with Gasteiger partial charge in [0.1, 0.15) is 11.6 Å². The van der Waals surface area contributed by atoms with Crippen LogP contribution >= 0.6 is 0 Å². The molecule has 0 atom stereocenters. The number of nitrogens with zero attached hydrogens (tertiary/aromatic N) is 3. The van der Waals surface area contributed by atoms with E-state index in [4.69, 9.17) is 4.74 Å². The highest BCUT2D eigenvalue weighted by atomic mass is 16.5. The number of aromatic nitrogens is 1. The van der Waals surface area contributed by atoms with Gasteiger partial charge in [-0.1, -0.05) is 25.0 Å². The molecule has 0 radical (unpaired) electrons. The van der Waals surface area contributed by atoms with Crippen LogP contribution < -0.4 is 15.0 Å². The lowest BCUT2D eigenvalue weighted by Crippen LogP contribution is -2.49. The standard InChI is InChI=1S/C23H30N4O2/c1-29-21-8-4-5-18(15-21)16-23(28)25-19-9-10-22(24-17-19)27-13-11-26(12-14-27)20-6-2-3-7-20/h4-5,8-10,15,17,20H,2-3,6-7,11-14,16H2,1H3,(H,25,28). The summed E-state index contributed by atoms with van der Waals surface area (Å²) in [6.45, 7) is 4.27. The molecular formula is C23H30N4O2. The maximum Gasteiger partial charge on any atom is 0.228 e. The van der Waals surface area contributed by atoms with Crippen LogP contribution in [0.15, 0.2) is 42.6 Å². The van der Waals surface area contributed by atoms with Crippen molar-refractivity contribution in [2.24, 2.45) is 0 Å². The van der Waals surface area contributed by atoms with E-state index in [1.165, 1.54) is 25.7 Å². The Hall–Kier alpha value is -2.60. The van der Waals surface area contributed by atoms with E-state index in [1.54, 1.807) is 13.3 Å². The Kier molecular flexibility index (Phi) is 6.30. The molecule has 1 saturated heterocycles. The molecule has 2 fully saturated rings. The molecule has 1 aliphatic carbocycles. The zero-order valence-electron chi connectivity index (χ0n) is 17.1. The predicted octanol–water partition coefficient (Wildman–Crippen LogP) is 3.34. The minimum absolute atomic E-state index is 0.0574. The Morgan fingerprint density at radius 3 is 2.62 bits per heavy atom. The van der Waals surface area contributed by atoms with Crippen LogP contribution in [0.1, 0.15) is 31.2 Å². The second kappa shape index (κ2) is 9.27. The van der Waals surface area contributed by atoms with E-state index in [0.29, 0.717) is 6.42 Å². The molecule has 1 aliphatic heterocycles. The number of rotatable bonds is 6. The summed E-state index contributed by atoms with van der Waals surface area (Å²) >= 11 is 0. The molecule has 1 aromatic carbocycles. The maximum atomic E-state index is 12.3. The average Bonchev–Trinajstić information content (AvgIpc) is 3.29. The molecule has 0 unspecified atom stereocenters. The summed E-state index contributed by atoms with van der Waals surface area (Å²) < 4.78 is 5.21. The largest absolute Gasteiger partial charge is 0.497 e. The van der Waals surface area contributed by atoms with Crippen LogP contribution in [0.3, 0.4) is 0 Å². The smallest absolute Gasteiger partial charge is 0.228 e. The lowest BCUT2D eigenvalue weighted by Gasteiger charge is -2.38. The third-order valence-corrected chi connectivity index (χ3v) is 6.01. The first-order valence-corrected chi connectivity index (χ1v) is 10.6. The summed E-state index contributed by atoms with van der Waals surface area (Å²) in [6.07, 6.45) is 7.56. The van der Waals surface area contributed by atoms with Crippen molar-refractivity contribution in [2.75, 3.05) is 43.5 Å². The van der Waals surface area contributed by atoms with Gasteiger partial charge < -0.3 is 15.0 Å². The van der Waals surface area contributed by atoms with Crippen molar-refractivity contribution in [3.8, 4) is 5.75 Å². The van der Waals surface area contributed by atoms with Crippen LogP contribution in [0.2, 0.25) is 0 Å². The minimum Gasteiger partial charge on any atom is -0.497 e. The highest BCUT2D eigenvalue weighted by molar-refractivity contribution is 5.92. The van der Waals surface area contributed by atoms with Gasteiger partial charge in [0, 0.05) is 32.2 Å². The molecule has 4 rings (SSSR count). The van der Waals surface area contributed by atoms with Gasteiger partial charge in [-0.3, -0.25) is 9.69 Å². The monoisotopic (exact) mass is 394 g/mol. The van der Waals surface area contributed by atoms with E-state index in [9.17, 15) is 4.79 Å². The van der Waals surface area contributed by atoms with E-state index in [1.807, 2.05) is 36.4 Å². The molecule has 2 aliphatic rings. The van der Waals surface area contributed by atoms with Gasteiger partial charge in [0.15, 0.2) is 0 Å². The molecule has 6 heteroatoms. The zero-order valence-corrected chi connectivity index (χ0v) is 17.1. The van der Waals surface area contributed by atoms with Crippen molar-refractivity contribution in [3.63, 3.8) is 0 Å². The van der Waals surface area contributed by atoms with E-state index in [-0.39, 0.29) is 5.91 Å². The second-order valence-electron chi connectivity index (χ2n) is 7.94. The summed E-state index contributed by atoms with van der Waals surface area (Å²) in [5.74, 6) is 1.69. The molecule has 29 heavy (non-hydrogen) atoms. The van der Waals surface area contributed by atoms with Crippen LogP contribution in [-0.2, 0) is 11.2 Å². The van der Waals surface area contributed by atoms with E-state index in [0.717, 1.165) is 55.0 Å². The first-order valence-electron chi connectivity index (χ1n) is 10.6. The Morgan fingerprint density at radius 1 is 1.14 bits per heavy atom. The number of carbonyl (C=O) groups excluding carboxylic acids is 1. The topological polar surface area (TPSA) is 57.7 Å². The van der Waals surface area contributed by atoms with Gasteiger partial charge in [0.05, 0.1) is 25.4 Å². The Bertz CT molecular complexity index is 810. The molecular weight excluding hydrogens is 364 g/mol. The molecule has 2 aromatic rings. The lowest BCUT2D eigenvalue weighted by molar-refractivity contribution is -0.115. The number of anilines is 2. The maximum absolute atomic E-state index is 12.3. The van der Waals surface area contributed by atoms with Crippen LogP contribution in [0, 0.1) is 0 Å². The highest BCUT2D eigenvalue weighted by Crippen LogP contribution is 2.25. The number of methoxy groups -OCH3 is 1. The van der Waals surface area contributed by atoms with Crippen molar-refractivity contribution in [1.29, 1.82) is 0 Å². The molecule has 0 spiro atoms. The summed E-state index contributed by atoms with van der Waals surface area (Å²) in [4.78, 5) is 21.9. The van der Waals surface area contributed by atoms with Crippen molar-refractivity contribution in [1.82, 2.24) is 9.88 Å². The highest BCUT2D eigenvalue weighted by Gasteiger charge is 2.26. The molecule has 1 saturated carbocycles. The van der Waals surface area contributed by atoms with Gasteiger partial charge in [-0.05, 0) is 42.7 Å². The molecule has 0 bridgehead atoms. The fourth-order valence-corrected chi connectivity index (χ4v) is 4.41. The third-order valence-electron chi connectivity index (χ3n) is 6.01. The molecule has 154 valence electrons. The second-order valence-corrected chi connectivity index (χ2v) is 7.94. The molecule has 2 heterocycles. The normalized spacial score (nSPS) is 18.0. The number of nitrogens with one attached hydrogen (secondary N) is 1. The number of carbonyl (C=O) groups is 1. The van der Waals surface area contributed by atoms with E-state index >= 15 is 0 Å². The molecule has 1 amide bonds. The Balaban J connectivity index is 1.28. The van der Waals surface area contributed by atoms with Crippen molar-refractivity contribution >= 4 is 17.4 Å². The number of amides is 1. The summed E-state index contributed by atoms with van der Waals surface area (Å²) in [7, 11) is 1.63. The number of benzene rings is 1. The number of ether oxygens (including phenoxy) is 1. The Morgan fingerprint density at radius 2 is 1.93 bits per heavy atom. The third kappa shape index (κ3) is 5.07. The average molecular weight is 395 g/mol. The number of hydrogen-bond acceptors (Lipinski definition) is 5. The lowest BCUT2D eigenvalue weighted by atomic mass is 10.1. The molecule has 1 aromatic heterocycles. The quantitative estimate of drug-likeness (QED) is 0.814. The van der Waals surface area contributed by atoms with Gasteiger partial charge in [-0.2, -0.15) is 0 Å². The minimum atomic E-state index is -0.0574. The number of piperazine rings is 1. The van der Waals surface area contributed by atoms with Crippen molar-refractivity contribution in [3.05, 3.63) is 48.2 Å². The van der Waals surface area contributed by atoms with E-state index in [2.05, 4.69) is 20.1 Å². The summed E-state index contributed by atoms with van der Waals surface area (Å²) in [6, 6.07) is 12.3. The predicted molar refractivity (Wildman–Crippen MR) is 116 cm³/mol. The van der Waals surface area contributed by atoms with Gasteiger partial charge >= 0.3 is 0 Å². The summed E-state index contributed by atoms with van der Waals surface area (Å²) in [5, 5.41) is 2.93. The SMILES string of the molecule is COc1cccc(CC(=O)Nc2ccc(N3CCN(C4CCCC4)CC3)nc2)c1. The zero-order chi connectivity index (χ0) is 20.1. The van der Waals surface area contributed by atoms with Gasteiger partial charge in [-0.25, -0.2) is 4.98 Å². The van der Waals surface area contributed by atoms with Crippen LogP contribution in [0.4, 0.5) is 11.5 Å². The van der Waals surface area contributed by atoms with Gasteiger partial charge in [0.2, 0.25) is 5.91 Å². The molecule has 1 N–H and O–H groups in total. The van der Waals surface area contributed by atoms with Crippen molar-refractivity contribution < 1.29 is 9.53 Å². The number of pyridine rings is 1. The van der Waals surface area contributed by atoms with Gasteiger partial charge in [0.25, 0.3) is 0 Å². The first-order chi connectivity index (χ1) is 14.2. The fraction of sp³-hybridized carbons (Fsp3) is 0.478. The summed E-state index contributed by atoms with van der Waals surface area (Å²) in [5.41, 5.74) is 1.65. The number of hydrogen-bond donors (Lipinski definition) is 1. The van der Waals surface area contributed by atoms with Crippen LogP contribution in [0.5, 0.6) is 5.75 Å².